The van der Waals surface area contributed by atoms with Gasteiger partial charge in [-0.15, -0.1) is 0 Å². The quantitative estimate of drug-likeness (QED) is 0.528. The van der Waals surface area contributed by atoms with Crippen LogP contribution in [0.3, 0.4) is 0 Å². The van der Waals surface area contributed by atoms with Crippen molar-refractivity contribution in [1.29, 1.82) is 0 Å². The Morgan fingerprint density at radius 3 is 1.20 bits per heavy atom. The topological polar surface area (TPSA) is 34.1 Å². The molecule has 2 nitrogen and oxygen atoms in total. The largest absolute Gasteiger partial charge is 0 e. The summed E-state index contributed by atoms with van der Waals surface area (Å²) in [4.78, 5) is 0. The van der Waals surface area contributed by atoms with Crippen LogP contribution >= 0.6 is 0 Å². The average Bonchev–Trinajstić information content (AvgIpc) is 1.50. The first kappa shape index (κ1) is 15.9. The van der Waals surface area contributed by atoms with Gasteiger partial charge in [0.15, 0.2) is 0 Å². The molecule has 5 heteroatoms. The fraction of sp³-hybridized carbons (Fsp3) is 0. The molecule has 0 amide bonds. The van der Waals surface area contributed by atoms with Gasteiger partial charge in [0.2, 0.25) is 0 Å². The SMILES string of the molecule is [O]=[Nb].[O]=[Ti].[Ti]. The van der Waals surface area contributed by atoms with Gasteiger partial charge < -0.3 is 0 Å². The van der Waals surface area contributed by atoms with E-state index in [0.29, 0.717) is 21.0 Å². The molecule has 0 aromatic rings. The van der Waals surface area contributed by atoms with E-state index in [2.05, 4.69) is 0 Å². The first-order valence-electron chi connectivity index (χ1n) is 0.387. The third kappa shape index (κ3) is 26.2. The molecule has 0 atom stereocenters. The standard InChI is InChI=1S/Nb.2O.2Ti. The van der Waals surface area contributed by atoms with Gasteiger partial charge in [0.05, 0.1) is 0 Å². The van der Waals surface area contributed by atoms with Crippen molar-refractivity contribution in [1.82, 2.24) is 0 Å². The molecule has 0 aromatic carbocycles. The molecule has 0 fully saturated rings. The monoisotopic (exact) mass is 221 g/mol. The summed E-state index contributed by atoms with van der Waals surface area (Å²) in [7, 11) is 0. The zero-order valence-electron chi connectivity index (χ0n) is 2.26. The molecule has 0 spiro atoms. The van der Waals surface area contributed by atoms with Crippen LogP contribution in [-0.4, -0.2) is 0 Å². The summed E-state index contributed by atoms with van der Waals surface area (Å²) in [5.41, 5.74) is 0. The molecule has 0 N–H and O–H groups in total. The first-order chi connectivity index (χ1) is 2.00. The zero-order valence-corrected chi connectivity index (χ0v) is 7.59. The maximum atomic E-state index is 8.30. The summed E-state index contributed by atoms with van der Waals surface area (Å²) in [6, 6.07) is 0. The van der Waals surface area contributed by atoms with E-state index in [9.17, 15) is 0 Å². The number of rotatable bonds is 0. The fourth-order valence-corrected chi connectivity index (χ4v) is 0. The molecule has 0 aromatic heterocycles. The van der Waals surface area contributed by atoms with Crippen molar-refractivity contribution in [3.05, 3.63) is 0 Å². The Balaban J connectivity index is -0.0000000133. The van der Waals surface area contributed by atoms with Gasteiger partial charge >= 0.3 is 48.0 Å². The van der Waals surface area contributed by atoms with Crippen LogP contribution in [0.4, 0.5) is 0 Å². The summed E-state index contributed by atoms with van der Waals surface area (Å²) in [6.07, 6.45) is 0. The Labute approximate surface area is 68.9 Å². The third-order valence-corrected chi connectivity index (χ3v) is 0. The van der Waals surface area contributed by atoms with Crippen LogP contribution in [0.15, 0.2) is 0 Å². The minimum absolute atomic E-state index is 0. The van der Waals surface area contributed by atoms with Gasteiger partial charge in [-0.3, -0.25) is 0 Å². The molecule has 0 heterocycles. The number of hydrogen-bond donors (Lipinski definition) is 0. The fourth-order valence-electron chi connectivity index (χ4n) is 0. The van der Waals surface area contributed by atoms with Crippen molar-refractivity contribution < 1.29 is 69.7 Å². The van der Waals surface area contributed by atoms with Crippen LogP contribution in [0.1, 0.15) is 0 Å². The van der Waals surface area contributed by atoms with Crippen LogP contribution in [0, 0.1) is 0 Å². The van der Waals surface area contributed by atoms with Gasteiger partial charge in [0.1, 0.15) is 0 Å². The van der Waals surface area contributed by atoms with Gasteiger partial charge in [-0.1, -0.05) is 0 Å². The van der Waals surface area contributed by atoms with Crippen molar-refractivity contribution in [2.24, 2.45) is 0 Å². The number of hydrogen-bond acceptors (Lipinski definition) is 2. The van der Waals surface area contributed by atoms with Gasteiger partial charge in [-0.05, 0) is 0 Å². The maximum Gasteiger partial charge on any atom is 0 e. The molecular formula is NbO2Ti2. The molecule has 0 saturated heterocycles. The van der Waals surface area contributed by atoms with Gasteiger partial charge in [0, 0.05) is 21.7 Å². The molecular weight excluding hydrogens is 221 g/mol. The Morgan fingerprint density at radius 2 is 1.20 bits per heavy atom. The third-order valence-electron chi connectivity index (χ3n) is 0. The molecule has 0 saturated carbocycles. The molecule has 0 aliphatic rings. The van der Waals surface area contributed by atoms with E-state index in [1.54, 1.807) is 0 Å². The van der Waals surface area contributed by atoms with E-state index in [1.807, 2.05) is 0 Å². The minimum Gasteiger partial charge on any atom is 0 e. The van der Waals surface area contributed by atoms with E-state index < -0.39 is 0 Å². The Kier molecular flexibility index (Phi) is 133. The van der Waals surface area contributed by atoms with E-state index in [1.165, 1.54) is 0 Å². The van der Waals surface area contributed by atoms with E-state index in [4.69, 9.17) is 6.57 Å². The second-order valence-corrected chi connectivity index (χ2v) is 0. The summed E-state index contributed by atoms with van der Waals surface area (Å²) in [5.74, 6) is 0. The van der Waals surface area contributed by atoms with Gasteiger partial charge in [-0.25, -0.2) is 0 Å². The van der Waals surface area contributed by atoms with Crippen molar-refractivity contribution >= 4 is 0 Å². The molecule has 0 aliphatic carbocycles. The minimum atomic E-state index is 0. The summed E-state index contributed by atoms with van der Waals surface area (Å²) >= 11 is 1.25. The molecule has 0 aliphatic heterocycles. The van der Waals surface area contributed by atoms with Crippen molar-refractivity contribution in [3.63, 3.8) is 0 Å². The van der Waals surface area contributed by atoms with Crippen LogP contribution in [0.25, 0.3) is 0 Å². The summed E-state index contributed by atoms with van der Waals surface area (Å²) in [5, 5.41) is 0. The molecule has 25 valence electrons. The van der Waals surface area contributed by atoms with Gasteiger partial charge in [-0.2, -0.15) is 0 Å². The summed E-state index contributed by atoms with van der Waals surface area (Å²) in [6.45, 7) is 0. The molecule has 0 rings (SSSR count). The predicted molar refractivity (Wildman–Crippen MR) is 1.37 cm³/mol. The molecule has 5 heavy (non-hydrogen) atoms. The van der Waals surface area contributed by atoms with Crippen molar-refractivity contribution in [3.8, 4) is 0 Å². The van der Waals surface area contributed by atoms with E-state index in [-0.39, 0.29) is 21.7 Å². The Bertz CT molecular complexity index is 9.61. The average molecular weight is 221 g/mol. The second kappa shape index (κ2) is 41.9. The Hall–Kier alpha value is 1.77. The van der Waals surface area contributed by atoms with E-state index >= 15 is 0 Å². The van der Waals surface area contributed by atoms with Crippen LogP contribution < -0.4 is 0 Å². The second-order valence-electron chi connectivity index (χ2n) is 0. The smallest absolute Gasteiger partial charge is 0 e. The summed E-state index contributed by atoms with van der Waals surface area (Å²) < 4.78 is 16.6. The zero-order chi connectivity index (χ0) is 4.00. The molecule has 0 bridgehead atoms. The Morgan fingerprint density at radius 1 is 1.20 bits per heavy atom. The van der Waals surface area contributed by atoms with Gasteiger partial charge in [0.25, 0.3) is 0 Å². The predicted octanol–water partition coefficient (Wildman–Crippen LogP) is -0.245. The molecule has 0 unspecified atom stereocenters. The van der Waals surface area contributed by atoms with Crippen molar-refractivity contribution in [2.75, 3.05) is 0 Å². The van der Waals surface area contributed by atoms with Crippen LogP contribution in [-0.2, 0) is 69.7 Å². The first-order valence-corrected chi connectivity index (χ1v) is 1.92. The van der Waals surface area contributed by atoms with Crippen LogP contribution in [0.5, 0.6) is 0 Å². The normalized spacial score (nSPS) is 1.20. The molecule has 0 radical (unpaired) electrons. The van der Waals surface area contributed by atoms with Crippen LogP contribution in [0.2, 0.25) is 0 Å². The maximum absolute atomic E-state index is 8.30. The van der Waals surface area contributed by atoms with Crippen molar-refractivity contribution in [2.45, 2.75) is 0 Å². The van der Waals surface area contributed by atoms with E-state index in [0.717, 1.165) is 20.4 Å².